The number of aliphatic imine (C=N–C) groups is 1. The SMILES string of the molecule is CCOC(=O)C1=NC2C(OCc3ccccc3)CC(C(C)=O)N2N1. The van der Waals surface area contributed by atoms with E-state index in [1.54, 1.807) is 11.9 Å². The molecule has 3 rings (SSSR count). The van der Waals surface area contributed by atoms with E-state index in [9.17, 15) is 9.59 Å². The van der Waals surface area contributed by atoms with E-state index in [0.29, 0.717) is 13.0 Å². The minimum absolute atomic E-state index is 0.0126. The Kier molecular flexibility index (Phi) is 4.92. The van der Waals surface area contributed by atoms with Gasteiger partial charge in [-0.3, -0.25) is 10.2 Å². The van der Waals surface area contributed by atoms with Gasteiger partial charge >= 0.3 is 5.97 Å². The molecular weight excluding hydrogens is 310 g/mol. The van der Waals surface area contributed by atoms with Crippen LogP contribution in [0.3, 0.4) is 0 Å². The van der Waals surface area contributed by atoms with Gasteiger partial charge in [-0.25, -0.2) is 9.79 Å². The second-order valence-corrected chi connectivity index (χ2v) is 5.83. The molecule has 1 aromatic carbocycles. The first-order valence-corrected chi connectivity index (χ1v) is 8.06. The number of carbonyl (C=O) groups is 2. The van der Waals surface area contributed by atoms with Gasteiger partial charge < -0.3 is 9.47 Å². The Balaban J connectivity index is 1.72. The monoisotopic (exact) mass is 331 g/mol. The number of esters is 1. The summed E-state index contributed by atoms with van der Waals surface area (Å²) in [6.07, 6.45) is -0.125. The lowest BCUT2D eigenvalue weighted by Crippen LogP contribution is -2.48. The van der Waals surface area contributed by atoms with Gasteiger partial charge in [-0.1, -0.05) is 30.3 Å². The summed E-state index contributed by atoms with van der Waals surface area (Å²) in [5.41, 5.74) is 3.96. The van der Waals surface area contributed by atoms with Crippen molar-refractivity contribution >= 4 is 17.6 Å². The molecule has 1 N–H and O–H groups in total. The number of nitrogens with zero attached hydrogens (tertiary/aromatic N) is 2. The van der Waals surface area contributed by atoms with Crippen LogP contribution in [0.1, 0.15) is 25.8 Å². The molecule has 2 heterocycles. The number of Topliss-reactive ketones (excluding diaryl/α,β-unsaturated/α-hetero) is 1. The van der Waals surface area contributed by atoms with Crippen molar-refractivity contribution in [3.05, 3.63) is 35.9 Å². The van der Waals surface area contributed by atoms with Crippen molar-refractivity contribution in [2.75, 3.05) is 6.61 Å². The summed E-state index contributed by atoms with van der Waals surface area (Å²) in [5.74, 6) is -0.379. The van der Waals surface area contributed by atoms with Crippen LogP contribution in [0.4, 0.5) is 0 Å². The fraction of sp³-hybridized carbons (Fsp3) is 0.471. The van der Waals surface area contributed by atoms with Crippen molar-refractivity contribution in [2.45, 2.75) is 45.2 Å². The molecule has 3 atom stereocenters. The molecule has 1 fully saturated rings. The van der Waals surface area contributed by atoms with Crippen LogP contribution in [0.25, 0.3) is 0 Å². The van der Waals surface area contributed by atoms with Gasteiger partial charge in [-0.15, -0.1) is 0 Å². The maximum Gasteiger partial charge on any atom is 0.375 e. The van der Waals surface area contributed by atoms with Crippen LogP contribution in [0.5, 0.6) is 0 Å². The van der Waals surface area contributed by atoms with Crippen LogP contribution in [-0.2, 0) is 25.7 Å². The van der Waals surface area contributed by atoms with Crippen molar-refractivity contribution in [2.24, 2.45) is 4.99 Å². The average Bonchev–Trinajstić information content (AvgIpc) is 3.13. The van der Waals surface area contributed by atoms with E-state index in [4.69, 9.17) is 9.47 Å². The quantitative estimate of drug-likeness (QED) is 0.785. The van der Waals surface area contributed by atoms with Crippen LogP contribution >= 0.6 is 0 Å². The van der Waals surface area contributed by atoms with Crippen molar-refractivity contribution in [3.63, 3.8) is 0 Å². The van der Waals surface area contributed by atoms with Gasteiger partial charge in [0.1, 0.15) is 11.9 Å². The van der Waals surface area contributed by atoms with E-state index in [-0.39, 0.29) is 30.4 Å². The predicted molar refractivity (Wildman–Crippen MR) is 86.9 cm³/mol. The smallest absolute Gasteiger partial charge is 0.375 e. The van der Waals surface area contributed by atoms with Gasteiger partial charge in [0.2, 0.25) is 5.84 Å². The topological polar surface area (TPSA) is 80.2 Å². The largest absolute Gasteiger partial charge is 0.460 e. The highest BCUT2D eigenvalue weighted by atomic mass is 16.5. The van der Waals surface area contributed by atoms with Gasteiger partial charge in [0.05, 0.1) is 25.4 Å². The van der Waals surface area contributed by atoms with Gasteiger partial charge in [0.25, 0.3) is 0 Å². The lowest BCUT2D eigenvalue weighted by molar-refractivity contribution is -0.135. The molecule has 128 valence electrons. The van der Waals surface area contributed by atoms with E-state index in [1.807, 2.05) is 30.3 Å². The van der Waals surface area contributed by atoms with Gasteiger partial charge in [-0.2, -0.15) is 5.01 Å². The third-order valence-corrected chi connectivity index (χ3v) is 4.15. The van der Waals surface area contributed by atoms with E-state index >= 15 is 0 Å². The highest BCUT2D eigenvalue weighted by Crippen LogP contribution is 2.30. The number of nitrogens with one attached hydrogen (secondary N) is 1. The lowest BCUT2D eigenvalue weighted by atomic mass is 10.1. The van der Waals surface area contributed by atoms with Crippen LogP contribution in [0.15, 0.2) is 35.3 Å². The number of fused-ring (bicyclic) bond motifs is 1. The maximum absolute atomic E-state index is 11.9. The Labute approximate surface area is 140 Å². The second kappa shape index (κ2) is 7.11. The summed E-state index contributed by atoms with van der Waals surface area (Å²) >= 11 is 0. The van der Waals surface area contributed by atoms with Crippen LogP contribution < -0.4 is 5.43 Å². The summed E-state index contributed by atoms with van der Waals surface area (Å²) < 4.78 is 10.9. The minimum atomic E-state index is -0.518. The summed E-state index contributed by atoms with van der Waals surface area (Å²) in [6.45, 7) is 3.98. The van der Waals surface area contributed by atoms with Gasteiger partial charge in [-0.05, 0) is 19.4 Å². The standard InChI is InChI=1S/C17H21N3O4/c1-3-23-17(22)15-18-16-14(9-13(11(2)21)20(16)19-15)24-10-12-7-5-4-6-8-12/h4-8,13-14,16H,3,9-10H2,1-2H3,(H,18,19). The summed E-state index contributed by atoms with van der Waals surface area (Å²) in [5, 5.41) is 1.70. The van der Waals surface area contributed by atoms with Crippen molar-refractivity contribution in [3.8, 4) is 0 Å². The molecule has 0 aliphatic carbocycles. The van der Waals surface area contributed by atoms with E-state index in [0.717, 1.165) is 5.56 Å². The molecule has 0 spiro atoms. The molecule has 1 saturated heterocycles. The zero-order valence-electron chi connectivity index (χ0n) is 13.8. The zero-order valence-corrected chi connectivity index (χ0v) is 13.8. The number of carbonyl (C=O) groups excluding carboxylic acids is 2. The first kappa shape index (κ1) is 16.6. The average molecular weight is 331 g/mol. The second-order valence-electron chi connectivity index (χ2n) is 5.83. The lowest BCUT2D eigenvalue weighted by Gasteiger charge is -2.21. The summed E-state index contributed by atoms with van der Waals surface area (Å²) in [4.78, 5) is 28.2. The Hall–Kier alpha value is -2.25. The molecule has 2 aliphatic rings. The molecule has 0 bridgehead atoms. The summed E-state index contributed by atoms with van der Waals surface area (Å²) in [6, 6.07) is 9.44. The fourth-order valence-corrected chi connectivity index (χ4v) is 2.98. The molecule has 2 aliphatic heterocycles. The van der Waals surface area contributed by atoms with E-state index in [2.05, 4.69) is 10.4 Å². The molecule has 3 unspecified atom stereocenters. The normalized spacial score (nSPS) is 25.8. The number of ketones is 1. The van der Waals surface area contributed by atoms with Crippen LogP contribution in [-0.4, -0.2) is 47.5 Å². The zero-order chi connectivity index (χ0) is 17.1. The fourth-order valence-electron chi connectivity index (χ4n) is 2.98. The first-order valence-electron chi connectivity index (χ1n) is 8.06. The number of hydrogen-bond acceptors (Lipinski definition) is 7. The number of benzene rings is 1. The molecule has 0 saturated carbocycles. The molecule has 7 nitrogen and oxygen atoms in total. The third kappa shape index (κ3) is 3.32. The van der Waals surface area contributed by atoms with Crippen LogP contribution in [0.2, 0.25) is 0 Å². The number of amidine groups is 1. The van der Waals surface area contributed by atoms with Crippen molar-refractivity contribution in [1.82, 2.24) is 10.4 Å². The van der Waals surface area contributed by atoms with Gasteiger partial charge in [0, 0.05) is 6.42 Å². The van der Waals surface area contributed by atoms with Crippen molar-refractivity contribution in [1.29, 1.82) is 0 Å². The molecule has 24 heavy (non-hydrogen) atoms. The molecule has 0 radical (unpaired) electrons. The van der Waals surface area contributed by atoms with Gasteiger partial charge in [0.15, 0.2) is 0 Å². The molecule has 7 heteroatoms. The third-order valence-electron chi connectivity index (χ3n) is 4.15. The first-order chi connectivity index (χ1) is 11.6. The molecular formula is C17H21N3O4. The highest BCUT2D eigenvalue weighted by Gasteiger charge is 2.48. The van der Waals surface area contributed by atoms with E-state index < -0.39 is 12.1 Å². The minimum Gasteiger partial charge on any atom is -0.460 e. The number of hydrogen-bond donors (Lipinski definition) is 1. The molecule has 0 aromatic heterocycles. The predicted octanol–water partition coefficient (Wildman–Crippen LogP) is 1.04. The van der Waals surface area contributed by atoms with Crippen molar-refractivity contribution < 1.29 is 19.1 Å². The van der Waals surface area contributed by atoms with Crippen LogP contribution in [0, 0.1) is 0 Å². The number of hydrazine groups is 1. The molecule has 0 amide bonds. The Morgan fingerprint density at radius 3 is 2.75 bits per heavy atom. The molecule has 1 aromatic rings. The van der Waals surface area contributed by atoms with E-state index in [1.165, 1.54) is 6.92 Å². The Morgan fingerprint density at radius 1 is 1.33 bits per heavy atom. The Morgan fingerprint density at radius 2 is 2.08 bits per heavy atom. The summed E-state index contributed by atoms with van der Waals surface area (Å²) in [7, 11) is 0. The number of rotatable bonds is 6. The Bertz CT molecular complexity index is 646. The highest BCUT2D eigenvalue weighted by molar-refractivity contribution is 6.35. The number of ether oxygens (including phenoxy) is 2. The maximum atomic E-state index is 11.9.